The minimum atomic E-state index is -0.0980. The molecule has 4 unspecified atom stereocenters. The maximum absolute atomic E-state index is 6.99. The molecular formula is C47H35NOS2. The van der Waals surface area contributed by atoms with Crippen LogP contribution >= 0.6 is 22.7 Å². The van der Waals surface area contributed by atoms with Crippen molar-refractivity contribution < 1.29 is 4.74 Å². The van der Waals surface area contributed by atoms with E-state index in [0.29, 0.717) is 11.8 Å². The van der Waals surface area contributed by atoms with Crippen molar-refractivity contribution in [3.05, 3.63) is 173 Å². The van der Waals surface area contributed by atoms with Gasteiger partial charge in [0.15, 0.2) is 0 Å². The van der Waals surface area contributed by atoms with Gasteiger partial charge in [-0.25, -0.2) is 0 Å². The van der Waals surface area contributed by atoms with Crippen LogP contribution in [0, 0.1) is 5.92 Å². The molecule has 1 aliphatic heterocycles. The van der Waals surface area contributed by atoms with E-state index < -0.39 is 0 Å². The molecule has 0 saturated heterocycles. The van der Waals surface area contributed by atoms with E-state index in [0.717, 1.165) is 17.1 Å². The van der Waals surface area contributed by atoms with Crippen LogP contribution in [-0.4, -0.2) is 6.10 Å². The van der Waals surface area contributed by atoms with Gasteiger partial charge in [-0.05, 0) is 98.1 Å². The molecule has 4 aliphatic rings. The average Bonchev–Trinajstić information content (AvgIpc) is 3.93. The summed E-state index contributed by atoms with van der Waals surface area (Å²) in [7, 11) is 0. The molecule has 5 aromatic carbocycles. The van der Waals surface area contributed by atoms with E-state index in [1.54, 1.807) is 0 Å². The average molecular weight is 694 g/mol. The van der Waals surface area contributed by atoms with Gasteiger partial charge in [0.1, 0.15) is 11.9 Å². The van der Waals surface area contributed by atoms with Gasteiger partial charge in [0.25, 0.3) is 0 Å². The van der Waals surface area contributed by atoms with Crippen LogP contribution in [0.15, 0.2) is 157 Å². The quantitative estimate of drug-likeness (QED) is 0.170. The van der Waals surface area contributed by atoms with Crippen molar-refractivity contribution in [1.29, 1.82) is 0 Å². The van der Waals surface area contributed by atoms with E-state index in [4.69, 9.17) is 4.74 Å². The Balaban J connectivity index is 1.04. The zero-order valence-corrected chi connectivity index (χ0v) is 30.0. The Morgan fingerprint density at radius 1 is 0.686 bits per heavy atom. The SMILES string of the molecule is CC1(C)c2ccc(N(C3=CC4Oc5c(c6ccccc6c6ccccc56)C4C=C3)c3ccc(-c4cc5sccc5s4)cc3)cc2C2C=CC=CC21. The molecule has 3 heterocycles. The third-order valence-electron chi connectivity index (χ3n) is 11.8. The Labute approximate surface area is 305 Å². The van der Waals surface area contributed by atoms with Crippen molar-refractivity contribution in [3.8, 4) is 16.2 Å². The van der Waals surface area contributed by atoms with Crippen LogP contribution in [0.25, 0.3) is 41.4 Å². The Morgan fingerprint density at radius 2 is 1.43 bits per heavy atom. The lowest BCUT2D eigenvalue weighted by molar-refractivity contribution is 0.270. The highest BCUT2D eigenvalue weighted by Gasteiger charge is 2.45. The van der Waals surface area contributed by atoms with E-state index in [1.165, 1.54) is 63.8 Å². The minimum absolute atomic E-state index is 0.0764. The first-order chi connectivity index (χ1) is 25.0. The van der Waals surface area contributed by atoms with Crippen LogP contribution < -0.4 is 9.64 Å². The molecule has 11 rings (SSSR count). The van der Waals surface area contributed by atoms with Crippen LogP contribution in [-0.2, 0) is 5.41 Å². The molecule has 0 fully saturated rings. The van der Waals surface area contributed by atoms with Crippen LogP contribution in [0.1, 0.15) is 42.4 Å². The van der Waals surface area contributed by atoms with Gasteiger partial charge in [0.05, 0.1) is 0 Å². The first-order valence-electron chi connectivity index (χ1n) is 17.9. The molecular weight excluding hydrogens is 659 g/mol. The monoisotopic (exact) mass is 693 g/mol. The fraction of sp³-hybridized carbons (Fsp3) is 0.149. The molecule has 3 aliphatic carbocycles. The largest absolute Gasteiger partial charge is 0.484 e. The second kappa shape index (κ2) is 10.9. The molecule has 4 heteroatoms. The van der Waals surface area contributed by atoms with Crippen molar-refractivity contribution in [2.24, 2.45) is 5.92 Å². The fourth-order valence-corrected chi connectivity index (χ4v) is 11.5. The molecule has 2 nitrogen and oxygen atoms in total. The summed E-state index contributed by atoms with van der Waals surface area (Å²) in [4.78, 5) is 3.75. The predicted molar refractivity (Wildman–Crippen MR) is 217 cm³/mol. The van der Waals surface area contributed by atoms with Gasteiger partial charge in [-0.15, -0.1) is 22.7 Å². The summed E-state index contributed by atoms with van der Waals surface area (Å²) in [5.41, 5.74) is 8.98. The second-order valence-electron chi connectivity index (χ2n) is 14.8. The highest BCUT2D eigenvalue weighted by atomic mass is 32.1. The molecule has 0 saturated carbocycles. The van der Waals surface area contributed by atoms with Gasteiger partial charge in [0.2, 0.25) is 0 Å². The van der Waals surface area contributed by atoms with Gasteiger partial charge in [-0.1, -0.05) is 111 Å². The zero-order valence-electron chi connectivity index (χ0n) is 28.4. The lowest BCUT2D eigenvalue weighted by Gasteiger charge is -2.31. The van der Waals surface area contributed by atoms with Gasteiger partial charge in [-0.3, -0.25) is 0 Å². The van der Waals surface area contributed by atoms with E-state index in [1.807, 2.05) is 22.7 Å². The lowest BCUT2D eigenvalue weighted by atomic mass is 9.74. The van der Waals surface area contributed by atoms with Gasteiger partial charge >= 0.3 is 0 Å². The number of ether oxygens (including phenoxy) is 1. The lowest BCUT2D eigenvalue weighted by Crippen LogP contribution is -2.24. The molecule has 0 N–H and O–H groups in total. The third-order valence-corrected chi connectivity index (χ3v) is 13.9. The number of rotatable bonds is 4. The number of hydrogen-bond donors (Lipinski definition) is 0. The molecule has 2 aromatic heterocycles. The van der Waals surface area contributed by atoms with Crippen LogP contribution in [0.3, 0.4) is 0 Å². The number of anilines is 2. The summed E-state index contributed by atoms with van der Waals surface area (Å²) >= 11 is 3.69. The Bertz CT molecular complexity index is 2650. The molecule has 0 amide bonds. The minimum Gasteiger partial charge on any atom is -0.484 e. The number of benzene rings is 5. The van der Waals surface area contributed by atoms with E-state index in [2.05, 4.69) is 170 Å². The molecule has 7 aromatic rings. The molecule has 51 heavy (non-hydrogen) atoms. The van der Waals surface area contributed by atoms with Gasteiger partial charge in [-0.2, -0.15) is 0 Å². The normalized spacial score (nSPS) is 22.1. The summed E-state index contributed by atoms with van der Waals surface area (Å²) in [6, 6.07) is 38.4. The molecule has 0 bridgehead atoms. The summed E-state index contributed by atoms with van der Waals surface area (Å²) in [6.07, 6.45) is 16.2. The van der Waals surface area contributed by atoms with Crippen LogP contribution in [0.4, 0.5) is 11.4 Å². The number of hydrogen-bond acceptors (Lipinski definition) is 4. The highest BCUT2D eigenvalue weighted by molar-refractivity contribution is 7.28. The molecule has 246 valence electrons. The van der Waals surface area contributed by atoms with Crippen LogP contribution in [0.2, 0.25) is 0 Å². The fourth-order valence-electron chi connectivity index (χ4n) is 9.34. The highest BCUT2D eigenvalue weighted by Crippen LogP contribution is 2.55. The van der Waals surface area contributed by atoms with Crippen molar-refractivity contribution in [2.75, 3.05) is 4.90 Å². The molecule has 0 radical (unpaired) electrons. The number of nitrogens with zero attached hydrogens (tertiary/aromatic N) is 1. The van der Waals surface area contributed by atoms with Crippen molar-refractivity contribution >= 4 is 65.0 Å². The Kier molecular flexibility index (Phi) is 6.33. The van der Waals surface area contributed by atoms with Crippen molar-refractivity contribution in [3.63, 3.8) is 0 Å². The predicted octanol–water partition coefficient (Wildman–Crippen LogP) is 13.2. The van der Waals surface area contributed by atoms with E-state index in [9.17, 15) is 0 Å². The van der Waals surface area contributed by atoms with E-state index in [-0.39, 0.29) is 17.4 Å². The Hall–Kier alpha value is -5.16. The summed E-state index contributed by atoms with van der Waals surface area (Å²) in [5.74, 6) is 2.02. The number of fused-ring (bicyclic) bond motifs is 12. The van der Waals surface area contributed by atoms with Crippen LogP contribution in [0.5, 0.6) is 5.75 Å². The maximum Gasteiger partial charge on any atom is 0.132 e. The van der Waals surface area contributed by atoms with Gasteiger partial charge < -0.3 is 9.64 Å². The zero-order chi connectivity index (χ0) is 33.8. The number of thiophene rings is 2. The standard InChI is InChI=1S/C47H35NOS2/c1-47(2)39-14-8-7-11-34(39)38-25-30(20-22-40(38)47)48(29-17-15-28(16-18-29)43-27-44-42(51-43)23-24-50-44)31-19-21-37-41(26-31)49-46-36-13-6-4-10-33(36)32-9-3-5-12-35(32)45(37)46/h3-27,34,37,39,41H,1-2H3. The number of allylic oxidation sites excluding steroid dienone is 5. The smallest absolute Gasteiger partial charge is 0.132 e. The van der Waals surface area contributed by atoms with Gasteiger partial charge in [0, 0.05) is 54.1 Å². The Morgan fingerprint density at radius 3 is 2.25 bits per heavy atom. The summed E-state index contributed by atoms with van der Waals surface area (Å²) in [6.45, 7) is 4.81. The maximum atomic E-state index is 6.99. The van der Waals surface area contributed by atoms with Crippen molar-refractivity contribution in [1.82, 2.24) is 0 Å². The topological polar surface area (TPSA) is 12.5 Å². The summed E-state index contributed by atoms with van der Waals surface area (Å²) in [5, 5.41) is 7.19. The first-order valence-corrected chi connectivity index (χ1v) is 19.6. The molecule has 4 atom stereocenters. The van der Waals surface area contributed by atoms with E-state index >= 15 is 0 Å². The molecule has 0 spiro atoms. The third kappa shape index (κ3) is 4.33. The summed E-state index contributed by atoms with van der Waals surface area (Å²) < 4.78 is 9.70. The first kappa shape index (κ1) is 29.6. The van der Waals surface area contributed by atoms with Crippen molar-refractivity contribution in [2.45, 2.75) is 37.2 Å². The second-order valence-corrected chi connectivity index (χ2v) is 16.9.